The first-order valence-corrected chi connectivity index (χ1v) is 8.99. The van der Waals surface area contributed by atoms with Gasteiger partial charge in [0.2, 0.25) is 0 Å². The van der Waals surface area contributed by atoms with E-state index in [-0.39, 0.29) is 5.56 Å². The molecule has 4 rings (SSSR count). The summed E-state index contributed by atoms with van der Waals surface area (Å²) >= 11 is 1.60. The Kier molecular flexibility index (Phi) is 4.05. The number of H-pyrrole nitrogens is 1. The molecule has 0 radical (unpaired) electrons. The number of hydrogen-bond donors (Lipinski definition) is 1. The molecule has 0 bridgehead atoms. The molecule has 0 saturated heterocycles. The average molecular weight is 329 g/mol. The lowest BCUT2D eigenvalue weighted by Crippen LogP contribution is -2.36. The summed E-state index contributed by atoms with van der Waals surface area (Å²) in [4.78, 5) is 31.2. The van der Waals surface area contributed by atoms with Gasteiger partial charge in [0.25, 0.3) is 5.56 Å². The van der Waals surface area contributed by atoms with Gasteiger partial charge in [-0.15, -0.1) is 11.3 Å². The van der Waals surface area contributed by atoms with E-state index in [1.807, 2.05) is 5.51 Å². The molecule has 0 unspecified atom stereocenters. The molecule has 120 valence electrons. The lowest BCUT2D eigenvalue weighted by Gasteiger charge is -2.27. The average Bonchev–Trinajstić information content (AvgIpc) is 3.09. The van der Waals surface area contributed by atoms with Gasteiger partial charge in [0.05, 0.1) is 28.2 Å². The highest BCUT2D eigenvalue weighted by molar-refractivity contribution is 7.07. The van der Waals surface area contributed by atoms with Crippen molar-refractivity contribution in [2.75, 3.05) is 13.1 Å². The predicted molar refractivity (Wildman–Crippen MR) is 90.0 cm³/mol. The van der Waals surface area contributed by atoms with Crippen molar-refractivity contribution in [2.24, 2.45) is 4.99 Å². The van der Waals surface area contributed by atoms with Crippen LogP contribution < -0.4 is 5.56 Å². The van der Waals surface area contributed by atoms with Crippen LogP contribution in [0, 0.1) is 0 Å². The van der Waals surface area contributed by atoms with E-state index in [9.17, 15) is 4.79 Å². The highest BCUT2D eigenvalue weighted by atomic mass is 32.1. The van der Waals surface area contributed by atoms with Crippen LogP contribution in [0.25, 0.3) is 0 Å². The van der Waals surface area contributed by atoms with Crippen LogP contribution in [0.2, 0.25) is 0 Å². The van der Waals surface area contributed by atoms with E-state index in [0.29, 0.717) is 12.4 Å². The number of rotatable bonds is 3. The Morgan fingerprint density at radius 1 is 1.30 bits per heavy atom. The molecule has 7 heteroatoms. The van der Waals surface area contributed by atoms with Gasteiger partial charge < -0.3 is 4.98 Å². The fourth-order valence-electron chi connectivity index (χ4n) is 3.19. The number of nitrogens with one attached hydrogen (secondary N) is 1. The summed E-state index contributed by atoms with van der Waals surface area (Å²) in [7, 11) is 0. The van der Waals surface area contributed by atoms with Gasteiger partial charge in [0, 0.05) is 38.0 Å². The summed E-state index contributed by atoms with van der Waals surface area (Å²) in [6.45, 7) is 3.18. The third-order valence-electron chi connectivity index (χ3n) is 4.41. The molecule has 23 heavy (non-hydrogen) atoms. The van der Waals surface area contributed by atoms with E-state index in [1.165, 1.54) is 0 Å². The molecule has 0 aliphatic carbocycles. The van der Waals surface area contributed by atoms with Crippen molar-refractivity contribution in [3.05, 3.63) is 44.0 Å². The second kappa shape index (κ2) is 6.33. The summed E-state index contributed by atoms with van der Waals surface area (Å²) in [5.41, 5.74) is 5.59. The van der Waals surface area contributed by atoms with Crippen LogP contribution in [0.15, 0.2) is 20.7 Å². The molecule has 0 amide bonds. The zero-order valence-corrected chi connectivity index (χ0v) is 13.7. The quantitative estimate of drug-likeness (QED) is 0.931. The highest BCUT2D eigenvalue weighted by Crippen LogP contribution is 2.18. The number of hydrogen-bond acceptors (Lipinski definition) is 6. The van der Waals surface area contributed by atoms with Crippen LogP contribution >= 0.6 is 11.3 Å². The topological polar surface area (TPSA) is 74.2 Å². The first-order chi connectivity index (χ1) is 11.3. The first-order valence-electron chi connectivity index (χ1n) is 8.05. The van der Waals surface area contributed by atoms with Gasteiger partial charge in [-0.3, -0.25) is 14.7 Å². The lowest BCUT2D eigenvalue weighted by atomic mass is 10.1. The predicted octanol–water partition coefficient (Wildman–Crippen LogP) is 1.76. The van der Waals surface area contributed by atoms with Crippen LogP contribution in [0.3, 0.4) is 0 Å². The van der Waals surface area contributed by atoms with Gasteiger partial charge >= 0.3 is 0 Å². The van der Waals surface area contributed by atoms with Gasteiger partial charge in [-0.25, -0.2) is 9.97 Å². The Labute approximate surface area is 138 Å². The Morgan fingerprint density at radius 2 is 2.26 bits per heavy atom. The molecular weight excluding hydrogens is 310 g/mol. The molecule has 0 fully saturated rings. The minimum absolute atomic E-state index is 0.0127. The number of aromatic amines is 1. The number of fused-ring (bicyclic) bond motifs is 1. The highest BCUT2D eigenvalue weighted by Gasteiger charge is 2.23. The van der Waals surface area contributed by atoms with E-state index < -0.39 is 0 Å². The van der Waals surface area contributed by atoms with Crippen molar-refractivity contribution < 1.29 is 0 Å². The maximum Gasteiger partial charge on any atom is 0.255 e. The van der Waals surface area contributed by atoms with E-state index in [1.54, 1.807) is 11.3 Å². The minimum Gasteiger partial charge on any atom is -0.305 e. The van der Waals surface area contributed by atoms with Gasteiger partial charge in [-0.05, 0) is 19.3 Å². The molecular formula is C16H19N5OS. The molecule has 2 aromatic rings. The van der Waals surface area contributed by atoms with Gasteiger partial charge in [-0.2, -0.15) is 0 Å². The molecule has 0 atom stereocenters. The van der Waals surface area contributed by atoms with Gasteiger partial charge in [-0.1, -0.05) is 0 Å². The lowest BCUT2D eigenvalue weighted by molar-refractivity contribution is 0.239. The largest absolute Gasteiger partial charge is 0.305 e. The van der Waals surface area contributed by atoms with Crippen LogP contribution in [-0.4, -0.2) is 38.7 Å². The fourth-order valence-corrected chi connectivity index (χ4v) is 3.74. The Hall–Kier alpha value is -1.86. The van der Waals surface area contributed by atoms with E-state index in [0.717, 1.165) is 68.0 Å². The first kappa shape index (κ1) is 14.7. The third-order valence-corrected chi connectivity index (χ3v) is 5.05. The normalized spacial score (nSPS) is 18.5. The molecule has 0 saturated carbocycles. The Balaban J connectivity index is 1.58. The number of aliphatic imine (C=N–C) groups is 1. The number of aromatic nitrogens is 3. The second-order valence-electron chi connectivity index (χ2n) is 6.07. The van der Waals surface area contributed by atoms with Crippen molar-refractivity contribution in [3.63, 3.8) is 0 Å². The molecule has 2 aliphatic heterocycles. The van der Waals surface area contributed by atoms with E-state index >= 15 is 0 Å². The maximum absolute atomic E-state index is 12.5. The zero-order chi connectivity index (χ0) is 15.6. The monoisotopic (exact) mass is 329 g/mol. The number of thiazole rings is 1. The number of nitrogens with zero attached hydrogens (tertiary/aromatic N) is 4. The molecule has 2 aromatic heterocycles. The van der Waals surface area contributed by atoms with Crippen molar-refractivity contribution in [1.82, 2.24) is 19.9 Å². The van der Waals surface area contributed by atoms with Crippen molar-refractivity contribution in [3.8, 4) is 0 Å². The smallest absolute Gasteiger partial charge is 0.255 e. The summed E-state index contributed by atoms with van der Waals surface area (Å²) in [5.74, 6) is 0.682. The molecule has 2 aliphatic rings. The standard InChI is InChI=1S/C16H19N5OS/c22-16-12-8-21(7-11-9-23-10-18-11)6-4-13(12)19-15(20-16)14-3-1-2-5-17-14/h9-10H,1-8H2,(H,19,20,22). The Morgan fingerprint density at radius 3 is 3.04 bits per heavy atom. The summed E-state index contributed by atoms with van der Waals surface area (Å²) in [6, 6.07) is 0. The summed E-state index contributed by atoms with van der Waals surface area (Å²) in [5, 5.41) is 2.06. The molecule has 0 spiro atoms. The molecule has 0 aromatic carbocycles. The summed E-state index contributed by atoms with van der Waals surface area (Å²) in [6.07, 6.45) is 3.98. The summed E-state index contributed by atoms with van der Waals surface area (Å²) < 4.78 is 0. The van der Waals surface area contributed by atoms with Crippen molar-refractivity contribution >= 4 is 17.0 Å². The van der Waals surface area contributed by atoms with Crippen LogP contribution in [0.5, 0.6) is 0 Å². The fraction of sp³-hybridized carbons (Fsp3) is 0.500. The SMILES string of the molecule is O=c1[nH]c(C2=NCCCC2)nc2c1CN(Cc1cscn1)CC2. The molecule has 6 nitrogen and oxygen atoms in total. The van der Waals surface area contributed by atoms with Gasteiger partial charge in [0.15, 0.2) is 5.82 Å². The van der Waals surface area contributed by atoms with Crippen molar-refractivity contribution in [2.45, 2.75) is 38.8 Å². The second-order valence-corrected chi connectivity index (χ2v) is 6.78. The molecule has 4 heterocycles. The van der Waals surface area contributed by atoms with Crippen molar-refractivity contribution in [1.29, 1.82) is 0 Å². The van der Waals surface area contributed by atoms with Crippen LogP contribution in [-0.2, 0) is 19.5 Å². The Bertz CT molecular complexity index is 780. The van der Waals surface area contributed by atoms with Gasteiger partial charge in [0.1, 0.15) is 0 Å². The molecule has 1 N–H and O–H groups in total. The van der Waals surface area contributed by atoms with E-state index in [2.05, 4.69) is 25.2 Å². The maximum atomic E-state index is 12.5. The van der Waals surface area contributed by atoms with Crippen LogP contribution in [0.4, 0.5) is 0 Å². The zero-order valence-electron chi connectivity index (χ0n) is 12.9. The minimum atomic E-state index is -0.0127. The third kappa shape index (κ3) is 3.11. The van der Waals surface area contributed by atoms with Crippen LogP contribution in [0.1, 0.15) is 42.0 Å². The van der Waals surface area contributed by atoms with E-state index in [4.69, 9.17) is 4.98 Å².